The van der Waals surface area contributed by atoms with Crippen LogP contribution in [0.5, 0.6) is 0 Å². The summed E-state index contributed by atoms with van der Waals surface area (Å²) in [7, 11) is 0. The highest BCUT2D eigenvalue weighted by atomic mass is 16.2. The first kappa shape index (κ1) is 17.5. The average molecular weight is 297 g/mol. The van der Waals surface area contributed by atoms with E-state index < -0.39 is 22.6 Å². The van der Waals surface area contributed by atoms with Crippen LogP contribution in [0, 0.1) is 0 Å². The molecule has 0 unspecified atom stereocenters. The first-order valence-electron chi connectivity index (χ1n) is 7.81. The van der Waals surface area contributed by atoms with Gasteiger partial charge in [-0.05, 0) is 26.7 Å². The van der Waals surface area contributed by atoms with E-state index in [1.165, 1.54) is 0 Å². The van der Waals surface area contributed by atoms with Crippen molar-refractivity contribution in [3.05, 3.63) is 31.5 Å². The second-order valence-corrected chi connectivity index (χ2v) is 6.09. The van der Waals surface area contributed by atoms with E-state index in [-0.39, 0.29) is 0 Å². The van der Waals surface area contributed by atoms with Crippen LogP contribution in [-0.4, -0.2) is 14.1 Å². The smallest absolute Gasteiger partial charge is 0.259 e. The Kier molecular flexibility index (Phi) is 6.18. The third kappa shape index (κ3) is 4.19. The molecule has 0 radical (unpaired) electrons. The van der Waals surface area contributed by atoms with E-state index in [1.807, 2.05) is 20.8 Å². The zero-order valence-corrected chi connectivity index (χ0v) is 13.6. The van der Waals surface area contributed by atoms with Gasteiger partial charge in [0.25, 0.3) is 0 Å². The Bertz CT molecular complexity index is 622. The van der Waals surface area contributed by atoms with E-state index in [0.29, 0.717) is 13.0 Å². The standard InChI is InChI=1S/C15H27N3O3/c1-5-7-8-9-10-11-17-12(19)16-13(20)18(14(17)21)15(3,4)6-2/h5-11H2,1-4H3,(H,16,19,20). The number of aromatic nitrogens is 3. The molecule has 1 aromatic rings. The summed E-state index contributed by atoms with van der Waals surface area (Å²) in [6.45, 7) is 8.04. The van der Waals surface area contributed by atoms with Gasteiger partial charge in [-0.25, -0.2) is 23.5 Å². The topological polar surface area (TPSA) is 76.9 Å². The van der Waals surface area contributed by atoms with Gasteiger partial charge in [-0.3, -0.25) is 4.98 Å². The highest BCUT2D eigenvalue weighted by molar-refractivity contribution is 4.84. The third-order valence-corrected chi connectivity index (χ3v) is 4.04. The van der Waals surface area contributed by atoms with Crippen molar-refractivity contribution in [1.82, 2.24) is 14.1 Å². The monoisotopic (exact) mass is 297 g/mol. The molecule has 0 fully saturated rings. The summed E-state index contributed by atoms with van der Waals surface area (Å²) >= 11 is 0. The molecule has 0 amide bonds. The van der Waals surface area contributed by atoms with Crippen molar-refractivity contribution >= 4 is 0 Å². The van der Waals surface area contributed by atoms with E-state index in [9.17, 15) is 14.4 Å². The van der Waals surface area contributed by atoms with Crippen LogP contribution in [0.2, 0.25) is 0 Å². The molecule has 6 nitrogen and oxygen atoms in total. The number of aromatic amines is 1. The Labute approximate surface area is 124 Å². The van der Waals surface area contributed by atoms with Crippen LogP contribution in [0.25, 0.3) is 0 Å². The van der Waals surface area contributed by atoms with Crippen LogP contribution in [0.3, 0.4) is 0 Å². The normalized spacial score (nSPS) is 11.8. The fourth-order valence-electron chi connectivity index (χ4n) is 2.27. The number of nitrogens with zero attached hydrogens (tertiary/aromatic N) is 2. The lowest BCUT2D eigenvalue weighted by Crippen LogP contribution is -2.55. The molecule has 0 bridgehead atoms. The zero-order valence-electron chi connectivity index (χ0n) is 13.6. The molecule has 1 heterocycles. The Hall–Kier alpha value is -1.59. The van der Waals surface area contributed by atoms with Crippen LogP contribution in [0.15, 0.2) is 14.4 Å². The number of hydrogen-bond acceptors (Lipinski definition) is 3. The molecular formula is C15H27N3O3. The molecule has 0 atom stereocenters. The molecule has 120 valence electrons. The maximum atomic E-state index is 12.4. The van der Waals surface area contributed by atoms with Gasteiger partial charge in [0, 0.05) is 12.1 Å². The van der Waals surface area contributed by atoms with Crippen molar-refractivity contribution in [2.75, 3.05) is 0 Å². The Morgan fingerprint density at radius 1 is 0.952 bits per heavy atom. The van der Waals surface area contributed by atoms with Crippen LogP contribution in [0.4, 0.5) is 0 Å². The molecule has 0 aliphatic rings. The number of unbranched alkanes of at least 4 members (excludes halogenated alkanes) is 4. The molecule has 0 saturated carbocycles. The van der Waals surface area contributed by atoms with Gasteiger partial charge in [-0.1, -0.05) is 39.5 Å². The van der Waals surface area contributed by atoms with Gasteiger partial charge in [0.05, 0.1) is 0 Å². The molecule has 0 aromatic carbocycles. The highest BCUT2D eigenvalue weighted by Gasteiger charge is 2.24. The van der Waals surface area contributed by atoms with Gasteiger partial charge in [-0.2, -0.15) is 0 Å². The summed E-state index contributed by atoms with van der Waals surface area (Å²) in [6.07, 6.45) is 5.79. The molecular weight excluding hydrogens is 270 g/mol. The van der Waals surface area contributed by atoms with Crippen LogP contribution < -0.4 is 17.1 Å². The molecule has 1 N–H and O–H groups in total. The van der Waals surface area contributed by atoms with Crippen molar-refractivity contribution < 1.29 is 0 Å². The summed E-state index contributed by atoms with van der Waals surface area (Å²) in [5.74, 6) is 0. The number of nitrogens with one attached hydrogen (secondary N) is 1. The van der Waals surface area contributed by atoms with Crippen LogP contribution >= 0.6 is 0 Å². The molecule has 0 aliphatic heterocycles. The van der Waals surface area contributed by atoms with Gasteiger partial charge >= 0.3 is 17.1 Å². The zero-order chi connectivity index (χ0) is 16.0. The number of H-pyrrole nitrogens is 1. The third-order valence-electron chi connectivity index (χ3n) is 4.04. The maximum absolute atomic E-state index is 12.4. The minimum atomic E-state index is -0.626. The Morgan fingerprint density at radius 2 is 1.57 bits per heavy atom. The van der Waals surface area contributed by atoms with Gasteiger partial charge in [0.1, 0.15) is 0 Å². The lowest BCUT2D eigenvalue weighted by atomic mass is 10.0. The summed E-state index contributed by atoms with van der Waals surface area (Å²) in [4.78, 5) is 38.5. The second kappa shape index (κ2) is 7.43. The molecule has 0 saturated heterocycles. The Morgan fingerprint density at radius 3 is 2.14 bits per heavy atom. The molecule has 0 aliphatic carbocycles. The molecule has 0 spiro atoms. The van der Waals surface area contributed by atoms with Crippen molar-refractivity contribution in [1.29, 1.82) is 0 Å². The summed E-state index contributed by atoms with van der Waals surface area (Å²) in [5.41, 5.74) is -2.35. The van der Waals surface area contributed by atoms with Crippen molar-refractivity contribution in [3.8, 4) is 0 Å². The van der Waals surface area contributed by atoms with E-state index in [4.69, 9.17) is 0 Å². The van der Waals surface area contributed by atoms with Gasteiger partial charge in [0.2, 0.25) is 0 Å². The van der Waals surface area contributed by atoms with Crippen LogP contribution in [-0.2, 0) is 12.1 Å². The first-order valence-corrected chi connectivity index (χ1v) is 7.81. The summed E-state index contributed by atoms with van der Waals surface area (Å²) in [5, 5.41) is 0. The highest BCUT2D eigenvalue weighted by Crippen LogP contribution is 2.13. The number of rotatable bonds is 8. The van der Waals surface area contributed by atoms with Gasteiger partial charge in [-0.15, -0.1) is 0 Å². The fourth-order valence-corrected chi connectivity index (χ4v) is 2.27. The number of hydrogen-bond donors (Lipinski definition) is 1. The minimum Gasteiger partial charge on any atom is -0.259 e. The average Bonchev–Trinajstić information content (AvgIpc) is 2.41. The quantitative estimate of drug-likeness (QED) is 0.743. The van der Waals surface area contributed by atoms with E-state index >= 15 is 0 Å². The predicted octanol–water partition coefficient (Wildman–Crippen LogP) is 1.81. The largest absolute Gasteiger partial charge is 0.336 e. The van der Waals surface area contributed by atoms with E-state index in [2.05, 4.69) is 11.9 Å². The predicted molar refractivity (Wildman–Crippen MR) is 84.0 cm³/mol. The SMILES string of the molecule is CCCCCCCn1c(=O)[nH]c(=O)n(C(C)(C)CC)c1=O. The van der Waals surface area contributed by atoms with E-state index in [1.54, 1.807) is 0 Å². The maximum Gasteiger partial charge on any atom is 0.336 e. The van der Waals surface area contributed by atoms with Crippen molar-refractivity contribution in [2.24, 2.45) is 0 Å². The second-order valence-electron chi connectivity index (χ2n) is 6.09. The lowest BCUT2D eigenvalue weighted by Gasteiger charge is -2.24. The molecule has 1 rings (SSSR count). The van der Waals surface area contributed by atoms with Gasteiger partial charge in [0.15, 0.2) is 0 Å². The van der Waals surface area contributed by atoms with Crippen molar-refractivity contribution in [3.63, 3.8) is 0 Å². The summed E-state index contributed by atoms with van der Waals surface area (Å²) in [6, 6.07) is 0. The van der Waals surface area contributed by atoms with Crippen molar-refractivity contribution in [2.45, 2.75) is 78.3 Å². The first-order chi connectivity index (χ1) is 9.85. The summed E-state index contributed by atoms with van der Waals surface area (Å²) < 4.78 is 2.30. The van der Waals surface area contributed by atoms with Gasteiger partial charge < -0.3 is 0 Å². The molecule has 21 heavy (non-hydrogen) atoms. The minimum absolute atomic E-state index is 0.359. The lowest BCUT2D eigenvalue weighted by molar-refractivity contribution is 0.296. The molecule has 6 heteroatoms. The fraction of sp³-hybridized carbons (Fsp3) is 0.800. The van der Waals surface area contributed by atoms with Crippen LogP contribution in [0.1, 0.15) is 66.2 Å². The molecule has 1 aromatic heterocycles. The Balaban J connectivity index is 3.06. The van der Waals surface area contributed by atoms with E-state index in [0.717, 1.165) is 41.2 Å².